The summed E-state index contributed by atoms with van der Waals surface area (Å²) in [4.78, 5) is 0. The van der Waals surface area contributed by atoms with Crippen molar-refractivity contribution in [1.29, 1.82) is 0 Å². The van der Waals surface area contributed by atoms with E-state index in [-0.39, 0.29) is 0 Å². The van der Waals surface area contributed by atoms with Crippen LogP contribution in [-0.4, -0.2) is 44.3 Å². The number of aliphatic hydroxyl groups excluding tert-OH is 3. The Hall–Kier alpha value is -0.160. The van der Waals surface area contributed by atoms with Gasteiger partial charge in [0.1, 0.15) is 5.60 Å². The molecule has 1 aliphatic rings. The van der Waals surface area contributed by atoms with E-state index < -0.39 is 34.7 Å². The SMILES string of the molecule is CC(C)CCC1(O)[C@H](O)C(C)(C)C(O)C(C)(C)[C@@H]1O. The molecule has 0 aromatic heterocycles. The maximum Gasteiger partial charge on any atom is 0.117 e. The summed E-state index contributed by atoms with van der Waals surface area (Å²) >= 11 is 0. The van der Waals surface area contributed by atoms with Gasteiger partial charge in [0.25, 0.3) is 0 Å². The standard InChI is InChI=1S/C15H30O4/c1-9(2)7-8-15(19)11(17)13(3,4)10(16)14(5,6)12(15)18/h9-12,16-19H,7-8H2,1-6H3/t10?,11-,12+,15?. The van der Waals surface area contributed by atoms with Gasteiger partial charge in [-0.3, -0.25) is 0 Å². The Kier molecular flexibility index (Phi) is 4.44. The first-order chi connectivity index (χ1) is 8.38. The molecule has 4 heteroatoms. The van der Waals surface area contributed by atoms with Crippen molar-refractivity contribution in [2.45, 2.75) is 78.3 Å². The molecule has 1 rings (SSSR count). The molecule has 4 N–H and O–H groups in total. The summed E-state index contributed by atoms with van der Waals surface area (Å²) in [7, 11) is 0. The molecular formula is C15H30O4. The molecule has 0 amide bonds. The van der Waals surface area contributed by atoms with E-state index in [2.05, 4.69) is 0 Å². The van der Waals surface area contributed by atoms with Gasteiger partial charge in [0.2, 0.25) is 0 Å². The summed E-state index contributed by atoms with van der Waals surface area (Å²) in [5.41, 5.74) is -3.31. The summed E-state index contributed by atoms with van der Waals surface area (Å²) in [5, 5.41) is 42.2. The molecule has 0 aromatic rings. The fourth-order valence-corrected chi connectivity index (χ4v) is 3.49. The van der Waals surface area contributed by atoms with Crippen LogP contribution >= 0.6 is 0 Å². The van der Waals surface area contributed by atoms with E-state index in [4.69, 9.17) is 0 Å². The zero-order chi connectivity index (χ0) is 15.2. The molecule has 0 aromatic carbocycles. The van der Waals surface area contributed by atoms with Crippen molar-refractivity contribution in [1.82, 2.24) is 0 Å². The Morgan fingerprint density at radius 1 is 0.842 bits per heavy atom. The van der Waals surface area contributed by atoms with Crippen LogP contribution in [0.1, 0.15) is 54.4 Å². The number of hydrogen-bond donors (Lipinski definition) is 4. The van der Waals surface area contributed by atoms with Crippen LogP contribution in [0.5, 0.6) is 0 Å². The molecule has 19 heavy (non-hydrogen) atoms. The second-order valence-electron chi connectivity index (χ2n) is 7.77. The lowest BCUT2D eigenvalue weighted by Crippen LogP contribution is -2.72. The highest BCUT2D eigenvalue weighted by molar-refractivity contribution is 5.14. The van der Waals surface area contributed by atoms with Crippen molar-refractivity contribution in [2.24, 2.45) is 16.7 Å². The zero-order valence-electron chi connectivity index (χ0n) is 13.0. The van der Waals surface area contributed by atoms with Crippen molar-refractivity contribution in [3.8, 4) is 0 Å². The Labute approximate surface area is 116 Å². The van der Waals surface area contributed by atoms with Crippen LogP contribution in [0.15, 0.2) is 0 Å². The highest BCUT2D eigenvalue weighted by Gasteiger charge is 2.64. The van der Waals surface area contributed by atoms with E-state index in [1.165, 1.54) is 0 Å². The number of rotatable bonds is 3. The molecule has 0 bridgehead atoms. The first-order valence-electron chi connectivity index (χ1n) is 7.15. The lowest BCUT2D eigenvalue weighted by Gasteiger charge is -2.59. The lowest BCUT2D eigenvalue weighted by atomic mass is 9.53. The molecule has 2 unspecified atom stereocenters. The van der Waals surface area contributed by atoms with Crippen molar-refractivity contribution < 1.29 is 20.4 Å². The molecule has 1 aliphatic carbocycles. The van der Waals surface area contributed by atoms with Gasteiger partial charge in [-0.25, -0.2) is 0 Å². The monoisotopic (exact) mass is 274 g/mol. The number of hydrogen-bond acceptors (Lipinski definition) is 4. The minimum absolute atomic E-state index is 0.326. The van der Waals surface area contributed by atoms with Crippen LogP contribution in [0.25, 0.3) is 0 Å². The summed E-state index contributed by atoms with van der Waals surface area (Å²) in [6.45, 7) is 11.0. The van der Waals surface area contributed by atoms with E-state index in [1.54, 1.807) is 27.7 Å². The number of aliphatic hydroxyl groups is 4. The molecule has 4 nitrogen and oxygen atoms in total. The Morgan fingerprint density at radius 3 is 1.53 bits per heavy atom. The normalized spacial score (nSPS) is 41.5. The van der Waals surface area contributed by atoms with E-state index >= 15 is 0 Å². The molecule has 0 heterocycles. The van der Waals surface area contributed by atoms with Gasteiger partial charge in [0, 0.05) is 10.8 Å². The minimum Gasteiger partial charge on any atom is -0.392 e. The van der Waals surface area contributed by atoms with Crippen LogP contribution in [0.2, 0.25) is 0 Å². The fraction of sp³-hybridized carbons (Fsp3) is 1.00. The topological polar surface area (TPSA) is 80.9 Å². The van der Waals surface area contributed by atoms with Crippen molar-refractivity contribution in [3.63, 3.8) is 0 Å². The van der Waals surface area contributed by atoms with Gasteiger partial charge >= 0.3 is 0 Å². The maximum atomic E-state index is 10.8. The Bertz CT molecular complexity index is 300. The third-order valence-corrected chi connectivity index (χ3v) is 4.89. The van der Waals surface area contributed by atoms with Crippen LogP contribution in [0.4, 0.5) is 0 Å². The first-order valence-corrected chi connectivity index (χ1v) is 7.15. The van der Waals surface area contributed by atoms with Gasteiger partial charge in [-0.15, -0.1) is 0 Å². The van der Waals surface area contributed by atoms with Gasteiger partial charge in [-0.05, 0) is 18.8 Å². The van der Waals surface area contributed by atoms with Crippen molar-refractivity contribution >= 4 is 0 Å². The molecule has 1 saturated carbocycles. The highest BCUT2D eigenvalue weighted by Crippen LogP contribution is 2.52. The molecule has 114 valence electrons. The van der Waals surface area contributed by atoms with Gasteiger partial charge in [0.05, 0.1) is 18.3 Å². The zero-order valence-corrected chi connectivity index (χ0v) is 13.0. The summed E-state index contributed by atoms with van der Waals surface area (Å²) in [6, 6.07) is 0. The molecule has 4 atom stereocenters. The van der Waals surface area contributed by atoms with Gasteiger partial charge in [0.15, 0.2) is 0 Å². The van der Waals surface area contributed by atoms with Crippen LogP contribution in [0.3, 0.4) is 0 Å². The van der Waals surface area contributed by atoms with E-state index in [0.29, 0.717) is 18.8 Å². The van der Waals surface area contributed by atoms with E-state index in [9.17, 15) is 20.4 Å². The van der Waals surface area contributed by atoms with Gasteiger partial charge in [-0.2, -0.15) is 0 Å². The van der Waals surface area contributed by atoms with Gasteiger partial charge < -0.3 is 20.4 Å². The summed E-state index contributed by atoms with van der Waals surface area (Å²) < 4.78 is 0. The van der Waals surface area contributed by atoms with Gasteiger partial charge in [-0.1, -0.05) is 41.5 Å². The predicted molar refractivity (Wildman–Crippen MR) is 74.6 cm³/mol. The molecule has 1 fully saturated rings. The Balaban J connectivity index is 3.15. The first kappa shape index (κ1) is 16.9. The van der Waals surface area contributed by atoms with E-state index in [0.717, 1.165) is 0 Å². The second-order valence-corrected chi connectivity index (χ2v) is 7.77. The molecular weight excluding hydrogens is 244 g/mol. The molecule has 0 spiro atoms. The average molecular weight is 274 g/mol. The maximum absolute atomic E-state index is 10.8. The molecule has 0 radical (unpaired) electrons. The predicted octanol–water partition coefficient (Wildman–Crippen LogP) is 1.30. The minimum atomic E-state index is -1.57. The van der Waals surface area contributed by atoms with Crippen molar-refractivity contribution in [2.75, 3.05) is 0 Å². The Morgan fingerprint density at radius 2 is 1.21 bits per heavy atom. The lowest BCUT2D eigenvalue weighted by molar-refractivity contribution is -0.287. The highest BCUT2D eigenvalue weighted by atomic mass is 16.4. The van der Waals surface area contributed by atoms with Crippen LogP contribution < -0.4 is 0 Å². The van der Waals surface area contributed by atoms with Crippen molar-refractivity contribution in [3.05, 3.63) is 0 Å². The third-order valence-electron chi connectivity index (χ3n) is 4.89. The summed E-state index contributed by atoms with van der Waals surface area (Å²) in [5.74, 6) is 0.376. The molecule has 0 aliphatic heterocycles. The fourth-order valence-electron chi connectivity index (χ4n) is 3.49. The quantitative estimate of drug-likeness (QED) is 0.625. The summed E-state index contributed by atoms with van der Waals surface area (Å²) in [6.07, 6.45) is -2.16. The molecule has 0 saturated heterocycles. The third kappa shape index (κ3) is 2.56. The largest absolute Gasteiger partial charge is 0.392 e. The van der Waals surface area contributed by atoms with E-state index in [1.807, 2.05) is 13.8 Å². The smallest absolute Gasteiger partial charge is 0.117 e. The average Bonchev–Trinajstić information content (AvgIpc) is 2.31. The van der Waals surface area contributed by atoms with Crippen LogP contribution in [0, 0.1) is 16.7 Å². The van der Waals surface area contributed by atoms with Crippen LogP contribution in [-0.2, 0) is 0 Å². The second kappa shape index (κ2) is 4.99.